The quantitative estimate of drug-likeness (QED) is 0.490. The number of ether oxygens (including phenoxy) is 2. The van der Waals surface area contributed by atoms with E-state index in [2.05, 4.69) is 10.1 Å². The Kier molecular flexibility index (Phi) is 4.97. The van der Waals surface area contributed by atoms with Gasteiger partial charge >= 0.3 is 0 Å². The van der Waals surface area contributed by atoms with Crippen LogP contribution in [0.25, 0.3) is 22.4 Å². The minimum Gasteiger partial charge on any atom is -0.493 e. The Morgan fingerprint density at radius 3 is 2.61 bits per heavy atom. The molecule has 28 heavy (non-hydrogen) atoms. The van der Waals surface area contributed by atoms with Crippen LogP contribution >= 0.6 is 34.5 Å². The van der Waals surface area contributed by atoms with Gasteiger partial charge < -0.3 is 9.47 Å². The molecule has 0 amide bonds. The Morgan fingerprint density at radius 2 is 1.89 bits per heavy atom. The molecule has 0 atom stereocenters. The Hall–Kier alpha value is -2.61. The number of rotatable bonds is 4. The van der Waals surface area contributed by atoms with E-state index in [4.69, 9.17) is 32.7 Å². The van der Waals surface area contributed by atoms with Crippen LogP contribution in [0, 0.1) is 0 Å². The van der Waals surface area contributed by atoms with Gasteiger partial charge in [0.2, 0.25) is 4.96 Å². The van der Waals surface area contributed by atoms with Gasteiger partial charge in [-0.2, -0.15) is 9.50 Å². The summed E-state index contributed by atoms with van der Waals surface area (Å²) in [4.78, 5) is 17.7. The fourth-order valence-electron chi connectivity index (χ4n) is 2.70. The van der Waals surface area contributed by atoms with Gasteiger partial charge in [-0.15, -0.1) is 5.10 Å². The second-order valence-electron chi connectivity index (χ2n) is 5.76. The maximum Gasteiger partial charge on any atom is 0.291 e. The number of halogens is 2. The number of thiazole rings is 1. The SMILES string of the molecule is COc1ccc(-c2nc3s/c(=C\c4cccc(Cl)c4Cl)c(=O)n3n2)cc1OC. The van der Waals surface area contributed by atoms with Crippen LogP contribution in [0.15, 0.2) is 41.2 Å². The van der Waals surface area contributed by atoms with E-state index in [-0.39, 0.29) is 5.56 Å². The number of fused-ring (bicyclic) bond motifs is 1. The Morgan fingerprint density at radius 1 is 1.11 bits per heavy atom. The first-order valence-corrected chi connectivity index (χ1v) is 9.66. The number of nitrogens with zero attached hydrogens (tertiary/aromatic N) is 3. The molecule has 4 rings (SSSR count). The lowest BCUT2D eigenvalue weighted by Gasteiger charge is -2.07. The molecular formula is C19H13Cl2N3O3S. The van der Waals surface area contributed by atoms with Crippen molar-refractivity contribution >= 4 is 45.6 Å². The van der Waals surface area contributed by atoms with Gasteiger partial charge in [-0.1, -0.05) is 46.7 Å². The minimum atomic E-state index is -0.268. The molecule has 0 aliphatic heterocycles. The molecule has 0 fully saturated rings. The lowest BCUT2D eigenvalue weighted by Crippen LogP contribution is -2.23. The van der Waals surface area contributed by atoms with E-state index >= 15 is 0 Å². The molecule has 0 N–H and O–H groups in total. The molecular weight excluding hydrogens is 421 g/mol. The van der Waals surface area contributed by atoms with Crippen LogP contribution in [-0.4, -0.2) is 28.8 Å². The van der Waals surface area contributed by atoms with Crippen molar-refractivity contribution in [3.05, 3.63) is 66.9 Å². The highest BCUT2D eigenvalue weighted by Gasteiger charge is 2.14. The summed E-state index contributed by atoms with van der Waals surface area (Å²) < 4.78 is 12.3. The topological polar surface area (TPSA) is 65.7 Å². The number of methoxy groups -OCH3 is 2. The fourth-order valence-corrected chi connectivity index (χ4v) is 3.97. The van der Waals surface area contributed by atoms with Crippen molar-refractivity contribution in [3.63, 3.8) is 0 Å². The van der Waals surface area contributed by atoms with Gasteiger partial charge in [0.25, 0.3) is 5.56 Å². The molecule has 2 aromatic heterocycles. The highest BCUT2D eigenvalue weighted by molar-refractivity contribution is 7.15. The largest absolute Gasteiger partial charge is 0.493 e. The van der Waals surface area contributed by atoms with Crippen LogP contribution in [-0.2, 0) is 0 Å². The number of aromatic nitrogens is 3. The summed E-state index contributed by atoms with van der Waals surface area (Å²) in [5.41, 5.74) is 1.11. The van der Waals surface area contributed by atoms with Crippen molar-refractivity contribution in [1.29, 1.82) is 0 Å². The standard InChI is InChI=1S/C19H13Cl2N3O3S/c1-26-13-7-6-11(8-14(13)27-2)17-22-19-24(23-17)18(25)15(28-19)9-10-4-3-5-12(20)16(10)21/h3-9H,1-2H3/b15-9-. The Balaban J connectivity index is 1.80. The molecule has 9 heteroatoms. The van der Waals surface area contributed by atoms with Gasteiger partial charge in [-0.3, -0.25) is 4.79 Å². The second-order valence-corrected chi connectivity index (χ2v) is 7.55. The van der Waals surface area contributed by atoms with Crippen molar-refractivity contribution < 1.29 is 9.47 Å². The number of hydrogen-bond acceptors (Lipinski definition) is 6. The summed E-state index contributed by atoms with van der Waals surface area (Å²) in [7, 11) is 3.12. The van der Waals surface area contributed by atoms with Crippen molar-refractivity contribution in [2.24, 2.45) is 0 Å². The number of benzene rings is 2. The molecule has 0 radical (unpaired) electrons. The van der Waals surface area contributed by atoms with Crippen molar-refractivity contribution in [2.75, 3.05) is 14.2 Å². The smallest absolute Gasteiger partial charge is 0.291 e. The van der Waals surface area contributed by atoms with Crippen LogP contribution in [0.5, 0.6) is 11.5 Å². The molecule has 4 aromatic rings. The summed E-state index contributed by atoms with van der Waals surface area (Å²) in [5.74, 6) is 1.59. The first-order chi connectivity index (χ1) is 13.5. The zero-order chi connectivity index (χ0) is 19.8. The lowest BCUT2D eigenvalue weighted by molar-refractivity contribution is 0.355. The van der Waals surface area contributed by atoms with Crippen LogP contribution in [0.1, 0.15) is 5.56 Å². The second kappa shape index (κ2) is 7.43. The molecule has 0 bridgehead atoms. The zero-order valence-electron chi connectivity index (χ0n) is 14.8. The van der Waals surface area contributed by atoms with Gasteiger partial charge in [-0.05, 0) is 35.9 Å². The molecule has 0 saturated heterocycles. The summed E-state index contributed by atoms with van der Waals surface area (Å²) in [6.45, 7) is 0. The average Bonchev–Trinajstić information content (AvgIpc) is 3.24. The molecule has 2 heterocycles. The van der Waals surface area contributed by atoms with Crippen molar-refractivity contribution in [1.82, 2.24) is 14.6 Å². The fraction of sp³-hybridized carbons (Fsp3) is 0.105. The monoisotopic (exact) mass is 433 g/mol. The van der Waals surface area contributed by atoms with Gasteiger partial charge in [0, 0.05) is 5.56 Å². The zero-order valence-corrected chi connectivity index (χ0v) is 17.1. The first kappa shape index (κ1) is 18.7. The molecule has 0 aliphatic rings. The third-order valence-corrected chi connectivity index (χ3v) is 5.88. The van der Waals surface area contributed by atoms with Gasteiger partial charge in [-0.25, -0.2) is 0 Å². The molecule has 0 saturated carbocycles. The van der Waals surface area contributed by atoms with E-state index < -0.39 is 0 Å². The van der Waals surface area contributed by atoms with Gasteiger partial charge in [0.15, 0.2) is 17.3 Å². The first-order valence-electron chi connectivity index (χ1n) is 8.09. The third-order valence-electron chi connectivity index (χ3n) is 4.09. The van der Waals surface area contributed by atoms with Crippen molar-refractivity contribution in [3.8, 4) is 22.9 Å². The lowest BCUT2D eigenvalue weighted by atomic mass is 10.2. The molecule has 0 aliphatic carbocycles. The Bertz CT molecular complexity index is 1300. The molecule has 2 aromatic carbocycles. The molecule has 142 valence electrons. The van der Waals surface area contributed by atoms with E-state index in [0.717, 1.165) is 5.56 Å². The van der Waals surface area contributed by atoms with Crippen LogP contribution < -0.4 is 19.6 Å². The molecule has 0 spiro atoms. The minimum absolute atomic E-state index is 0.268. The predicted molar refractivity (Wildman–Crippen MR) is 111 cm³/mol. The molecule has 0 unspecified atom stereocenters. The van der Waals surface area contributed by atoms with Crippen LogP contribution in [0.2, 0.25) is 10.0 Å². The van der Waals surface area contributed by atoms with Crippen LogP contribution in [0.3, 0.4) is 0 Å². The maximum absolute atomic E-state index is 12.7. The normalized spacial score (nSPS) is 11.9. The summed E-state index contributed by atoms with van der Waals surface area (Å²) >= 11 is 13.5. The summed E-state index contributed by atoms with van der Waals surface area (Å²) in [6, 6.07) is 10.6. The Labute approximate surface area is 173 Å². The number of hydrogen-bond donors (Lipinski definition) is 0. The third kappa shape index (κ3) is 3.22. The maximum atomic E-state index is 12.7. The summed E-state index contributed by atoms with van der Waals surface area (Å²) in [5, 5.41) is 5.17. The van der Waals surface area contributed by atoms with E-state index in [1.807, 2.05) is 6.07 Å². The highest BCUT2D eigenvalue weighted by atomic mass is 35.5. The highest BCUT2D eigenvalue weighted by Crippen LogP contribution is 2.31. The van der Waals surface area contributed by atoms with Crippen molar-refractivity contribution in [2.45, 2.75) is 0 Å². The average molecular weight is 434 g/mol. The van der Waals surface area contributed by atoms with Gasteiger partial charge in [0.1, 0.15) is 0 Å². The predicted octanol–water partition coefficient (Wildman–Crippen LogP) is 3.69. The van der Waals surface area contributed by atoms with Gasteiger partial charge in [0.05, 0.1) is 28.8 Å². The summed E-state index contributed by atoms with van der Waals surface area (Å²) in [6.07, 6.45) is 1.69. The van der Waals surface area contributed by atoms with E-state index in [1.165, 1.54) is 15.9 Å². The molecule has 6 nitrogen and oxygen atoms in total. The van der Waals surface area contributed by atoms with E-state index in [9.17, 15) is 4.79 Å². The van der Waals surface area contributed by atoms with E-state index in [1.54, 1.807) is 50.6 Å². The van der Waals surface area contributed by atoms with E-state index in [0.29, 0.717) is 42.4 Å². The van der Waals surface area contributed by atoms with Crippen LogP contribution in [0.4, 0.5) is 0 Å².